The van der Waals surface area contributed by atoms with Crippen LogP contribution in [0.3, 0.4) is 0 Å². The second-order valence-corrected chi connectivity index (χ2v) is 7.81. The Morgan fingerprint density at radius 3 is 3.05 bits per heavy atom. The molecule has 22 heavy (non-hydrogen) atoms. The van der Waals surface area contributed by atoms with Crippen LogP contribution in [0, 0.1) is 12.8 Å². The molecule has 0 spiro atoms. The predicted octanol–water partition coefficient (Wildman–Crippen LogP) is 3.22. The first-order chi connectivity index (χ1) is 10.7. The summed E-state index contributed by atoms with van der Waals surface area (Å²) in [4.78, 5) is 21.7. The van der Waals surface area contributed by atoms with Crippen LogP contribution in [0.5, 0.6) is 0 Å². The van der Waals surface area contributed by atoms with E-state index in [-0.39, 0.29) is 5.92 Å². The summed E-state index contributed by atoms with van der Waals surface area (Å²) in [5, 5.41) is 0. The molecule has 2 aliphatic rings. The number of hydrogen-bond donors (Lipinski definition) is 0. The molecule has 2 aromatic heterocycles. The van der Waals surface area contributed by atoms with Crippen molar-refractivity contribution in [1.29, 1.82) is 0 Å². The number of hydrogen-bond acceptors (Lipinski definition) is 3. The fourth-order valence-corrected chi connectivity index (χ4v) is 4.61. The lowest BCUT2D eigenvalue weighted by molar-refractivity contribution is -0.134. The Morgan fingerprint density at radius 1 is 1.41 bits per heavy atom. The minimum absolute atomic E-state index is 0.222. The molecule has 1 aliphatic carbocycles. The van der Waals surface area contributed by atoms with E-state index in [0.717, 1.165) is 32.4 Å². The van der Waals surface area contributed by atoms with E-state index in [1.807, 2.05) is 30.1 Å². The van der Waals surface area contributed by atoms with E-state index in [2.05, 4.69) is 33.5 Å². The molecule has 116 valence electrons. The zero-order valence-corrected chi connectivity index (χ0v) is 13.6. The summed E-state index contributed by atoms with van der Waals surface area (Å²) in [5.74, 6) is 1.06. The molecule has 1 aliphatic heterocycles. The molecule has 4 rings (SSSR count). The minimum Gasteiger partial charge on any atom is -0.340 e. The molecule has 3 atom stereocenters. The van der Waals surface area contributed by atoms with Crippen molar-refractivity contribution < 1.29 is 4.79 Å². The Balaban J connectivity index is 1.41. The molecule has 2 aromatic rings. The van der Waals surface area contributed by atoms with Crippen LogP contribution < -0.4 is 0 Å². The molecule has 4 nitrogen and oxygen atoms in total. The topological polar surface area (TPSA) is 38.1 Å². The summed E-state index contributed by atoms with van der Waals surface area (Å²) >= 11 is 1.84. The lowest BCUT2D eigenvalue weighted by atomic mass is 10.0. The normalized spacial score (nSPS) is 27.9. The highest BCUT2D eigenvalue weighted by Gasteiger charge is 2.47. The van der Waals surface area contributed by atoms with E-state index in [0.29, 0.717) is 17.9 Å². The first-order valence-corrected chi connectivity index (χ1v) is 8.86. The van der Waals surface area contributed by atoms with Crippen LogP contribution in [-0.2, 0) is 4.79 Å². The molecule has 3 heterocycles. The van der Waals surface area contributed by atoms with E-state index >= 15 is 0 Å². The number of nitrogens with zero attached hydrogens (tertiary/aromatic N) is 3. The molecule has 1 amide bonds. The first kappa shape index (κ1) is 14.0. The van der Waals surface area contributed by atoms with Crippen molar-refractivity contribution in [2.24, 2.45) is 5.92 Å². The number of rotatable bonds is 3. The molecule has 0 radical (unpaired) electrons. The smallest absolute Gasteiger partial charge is 0.226 e. The highest BCUT2D eigenvalue weighted by atomic mass is 32.1. The summed E-state index contributed by atoms with van der Waals surface area (Å²) in [7, 11) is 0. The Morgan fingerprint density at radius 2 is 2.32 bits per heavy atom. The van der Waals surface area contributed by atoms with Gasteiger partial charge in [0.1, 0.15) is 0 Å². The predicted molar refractivity (Wildman–Crippen MR) is 87.0 cm³/mol. The molecule has 0 unspecified atom stereocenters. The van der Waals surface area contributed by atoms with Gasteiger partial charge in [0.2, 0.25) is 5.91 Å². The van der Waals surface area contributed by atoms with Crippen molar-refractivity contribution in [3.05, 3.63) is 40.6 Å². The van der Waals surface area contributed by atoms with Crippen molar-refractivity contribution in [1.82, 2.24) is 14.5 Å². The second kappa shape index (κ2) is 5.54. The molecule has 2 fully saturated rings. The average Bonchev–Trinajstić information content (AvgIpc) is 2.95. The molecular formula is C17H21N3OS. The van der Waals surface area contributed by atoms with Crippen molar-refractivity contribution in [3.8, 4) is 0 Å². The fraction of sp³-hybridized carbons (Fsp3) is 0.529. The van der Waals surface area contributed by atoms with Gasteiger partial charge in [-0.15, -0.1) is 11.3 Å². The van der Waals surface area contributed by atoms with Crippen LogP contribution >= 0.6 is 11.3 Å². The van der Waals surface area contributed by atoms with Gasteiger partial charge < -0.3 is 9.47 Å². The van der Waals surface area contributed by atoms with Crippen LogP contribution in [0.25, 0.3) is 0 Å². The first-order valence-electron chi connectivity index (χ1n) is 8.05. The number of piperidine rings is 1. The van der Waals surface area contributed by atoms with Crippen molar-refractivity contribution in [2.75, 3.05) is 13.1 Å². The van der Waals surface area contributed by atoms with Crippen LogP contribution in [0.1, 0.15) is 41.0 Å². The number of likely N-dealkylation sites (tertiary alicyclic amines) is 1. The van der Waals surface area contributed by atoms with Gasteiger partial charge in [0, 0.05) is 47.1 Å². The molecule has 1 saturated heterocycles. The summed E-state index contributed by atoms with van der Waals surface area (Å²) < 4.78 is 2.15. The zero-order valence-electron chi connectivity index (χ0n) is 12.8. The van der Waals surface area contributed by atoms with E-state index in [9.17, 15) is 4.79 Å². The molecule has 0 aromatic carbocycles. The molecular weight excluding hydrogens is 294 g/mol. The Kier molecular flexibility index (Phi) is 3.53. The average molecular weight is 315 g/mol. The number of aryl methyl sites for hydroxylation is 1. The van der Waals surface area contributed by atoms with E-state index in [4.69, 9.17) is 0 Å². The Bertz CT molecular complexity index is 663. The molecule has 0 bridgehead atoms. The number of carbonyl (C=O) groups excluding carboxylic acids is 1. The fourth-order valence-electron chi connectivity index (χ4n) is 3.55. The van der Waals surface area contributed by atoms with Crippen LogP contribution in [0.4, 0.5) is 0 Å². The van der Waals surface area contributed by atoms with Gasteiger partial charge in [-0.1, -0.05) is 0 Å². The van der Waals surface area contributed by atoms with Gasteiger partial charge in [-0.2, -0.15) is 0 Å². The maximum Gasteiger partial charge on any atom is 0.226 e. The third-order valence-corrected chi connectivity index (χ3v) is 6.02. The molecule has 0 N–H and O–H groups in total. The maximum absolute atomic E-state index is 12.8. The maximum atomic E-state index is 12.8. The number of thiophene rings is 1. The standard InChI is InChI=1S/C17H21N3OS/c1-12-4-5-16(22-12)14-9-15(14)17(21)19-7-2-3-13(10-19)20-8-6-18-11-20/h4-6,8,11,13-15H,2-3,7,9-10H2,1H3/t13-,14+,15+/m0/s1. The summed E-state index contributed by atoms with van der Waals surface area (Å²) in [5.41, 5.74) is 0. The number of amides is 1. The SMILES string of the molecule is Cc1ccc([C@@H]2C[C@H]2C(=O)N2CCC[C@H](n3ccnc3)C2)s1. The van der Waals surface area contributed by atoms with Crippen LogP contribution in [0.2, 0.25) is 0 Å². The highest BCUT2D eigenvalue weighted by molar-refractivity contribution is 7.12. The molecule has 5 heteroatoms. The van der Waals surface area contributed by atoms with E-state index < -0.39 is 0 Å². The molecule has 1 saturated carbocycles. The third-order valence-electron chi connectivity index (χ3n) is 4.89. The summed E-state index contributed by atoms with van der Waals surface area (Å²) in [6.45, 7) is 3.88. The van der Waals surface area contributed by atoms with Gasteiger partial charge in [0.05, 0.1) is 12.4 Å². The third kappa shape index (κ3) is 2.58. The second-order valence-electron chi connectivity index (χ2n) is 6.49. The van der Waals surface area contributed by atoms with Gasteiger partial charge in [-0.25, -0.2) is 4.98 Å². The number of imidazole rings is 1. The van der Waals surface area contributed by atoms with Gasteiger partial charge in [0.15, 0.2) is 0 Å². The summed E-state index contributed by atoms with van der Waals surface area (Å²) in [6.07, 6.45) is 8.95. The monoisotopic (exact) mass is 315 g/mol. The largest absolute Gasteiger partial charge is 0.340 e. The lowest BCUT2D eigenvalue weighted by Crippen LogP contribution is -2.41. The number of aromatic nitrogens is 2. The van der Waals surface area contributed by atoms with Crippen LogP contribution in [0.15, 0.2) is 30.9 Å². The zero-order chi connectivity index (χ0) is 15.1. The van der Waals surface area contributed by atoms with Crippen molar-refractivity contribution in [3.63, 3.8) is 0 Å². The lowest BCUT2D eigenvalue weighted by Gasteiger charge is -2.33. The Hall–Kier alpha value is -1.62. The van der Waals surface area contributed by atoms with Crippen molar-refractivity contribution in [2.45, 2.75) is 38.1 Å². The Labute approximate surface area is 134 Å². The van der Waals surface area contributed by atoms with Gasteiger partial charge in [-0.3, -0.25) is 4.79 Å². The van der Waals surface area contributed by atoms with Crippen LogP contribution in [-0.4, -0.2) is 33.4 Å². The summed E-state index contributed by atoms with van der Waals surface area (Å²) in [6, 6.07) is 4.75. The van der Waals surface area contributed by atoms with E-state index in [1.165, 1.54) is 9.75 Å². The highest BCUT2D eigenvalue weighted by Crippen LogP contribution is 2.50. The van der Waals surface area contributed by atoms with Gasteiger partial charge >= 0.3 is 0 Å². The number of carbonyl (C=O) groups is 1. The van der Waals surface area contributed by atoms with Gasteiger partial charge in [-0.05, 0) is 38.3 Å². The quantitative estimate of drug-likeness (QED) is 0.872. The van der Waals surface area contributed by atoms with Gasteiger partial charge in [0.25, 0.3) is 0 Å². The van der Waals surface area contributed by atoms with Crippen molar-refractivity contribution >= 4 is 17.2 Å². The van der Waals surface area contributed by atoms with E-state index in [1.54, 1.807) is 0 Å². The minimum atomic E-state index is 0.222.